The number of aromatic nitrogens is 1. The van der Waals surface area contributed by atoms with Gasteiger partial charge in [-0.15, -0.1) is 0 Å². The zero-order valence-electron chi connectivity index (χ0n) is 12.7. The van der Waals surface area contributed by atoms with Gasteiger partial charge in [-0.25, -0.2) is 0 Å². The Balaban J connectivity index is 2.15. The number of rotatable bonds is 6. The largest absolute Gasteiger partial charge is 0.489 e. The topological polar surface area (TPSA) is 34.1 Å². The summed E-state index contributed by atoms with van der Waals surface area (Å²) in [6, 6.07) is 8.60. The minimum atomic E-state index is 0.269. The van der Waals surface area contributed by atoms with Gasteiger partial charge in [0.2, 0.25) is 0 Å². The van der Waals surface area contributed by atoms with Crippen LogP contribution in [0.15, 0.2) is 41.1 Å². The molecule has 0 spiro atoms. The number of pyridine rings is 1. The number of nitrogens with zero attached hydrogens (tertiary/aromatic N) is 1. The molecule has 2 rings (SSSR count). The minimum absolute atomic E-state index is 0.269. The van der Waals surface area contributed by atoms with Crippen molar-refractivity contribution >= 4 is 15.9 Å². The van der Waals surface area contributed by atoms with Gasteiger partial charge in [-0.05, 0) is 48.5 Å². The van der Waals surface area contributed by atoms with E-state index in [2.05, 4.69) is 59.1 Å². The molecular weight excluding hydrogens is 328 g/mol. The summed E-state index contributed by atoms with van der Waals surface area (Å²) in [6.07, 6.45) is 3.60. The van der Waals surface area contributed by atoms with Crippen molar-refractivity contribution in [3.8, 4) is 5.75 Å². The van der Waals surface area contributed by atoms with Crippen LogP contribution in [0.1, 0.15) is 36.6 Å². The molecule has 0 fully saturated rings. The molecule has 0 saturated carbocycles. The first-order valence-electron chi connectivity index (χ1n) is 7.16. The van der Waals surface area contributed by atoms with Crippen LogP contribution in [0.4, 0.5) is 0 Å². The zero-order valence-corrected chi connectivity index (χ0v) is 14.3. The lowest BCUT2D eigenvalue weighted by Gasteiger charge is -2.18. The first kappa shape index (κ1) is 16.0. The monoisotopic (exact) mass is 348 g/mol. The Labute approximate surface area is 134 Å². The van der Waals surface area contributed by atoms with Crippen LogP contribution in [0.2, 0.25) is 0 Å². The van der Waals surface area contributed by atoms with Gasteiger partial charge in [-0.1, -0.05) is 24.6 Å². The van der Waals surface area contributed by atoms with Crippen molar-refractivity contribution in [1.29, 1.82) is 0 Å². The van der Waals surface area contributed by atoms with E-state index in [4.69, 9.17) is 4.74 Å². The molecule has 1 aromatic carbocycles. The second kappa shape index (κ2) is 7.57. The summed E-state index contributed by atoms with van der Waals surface area (Å²) >= 11 is 3.43. The maximum Gasteiger partial charge on any atom is 0.124 e. The van der Waals surface area contributed by atoms with E-state index < -0.39 is 0 Å². The highest BCUT2D eigenvalue weighted by Gasteiger charge is 2.11. The number of benzene rings is 1. The quantitative estimate of drug-likeness (QED) is 0.839. The zero-order chi connectivity index (χ0) is 15.2. The molecule has 2 aromatic rings. The molecule has 1 unspecified atom stereocenters. The van der Waals surface area contributed by atoms with Gasteiger partial charge in [0.05, 0.1) is 0 Å². The standard InChI is InChI=1S/C17H21BrN2O/c1-4-20-13(3)16-7-12(2)5-6-17(16)21-11-14-8-15(18)10-19-9-14/h5-10,13,20H,4,11H2,1-3H3. The molecular formula is C17H21BrN2O. The average Bonchev–Trinajstić information content (AvgIpc) is 2.46. The second-order valence-electron chi connectivity index (χ2n) is 5.12. The third-order valence-electron chi connectivity index (χ3n) is 3.30. The Kier molecular flexibility index (Phi) is 5.76. The summed E-state index contributed by atoms with van der Waals surface area (Å²) in [4.78, 5) is 4.16. The lowest BCUT2D eigenvalue weighted by Crippen LogP contribution is -2.18. The number of ether oxygens (including phenoxy) is 1. The van der Waals surface area contributed by atoms with Gasteiger partial charge < -0.3 is 10.1 Å². The molecule has 4 heteroatoms. The minimum Gasteiger partial charge on any atom is -0.489 e. The highest BCUT2D eigenvalue weighted by atomic mass is 79.9. The molecule has 112 valence electrons. The molecule has 1 N–H and O–H groups in total. The summed E-state index contributed by atoms with van der Waals surface area (Å²) < 4.78 is 6.97. The molecule has 0 bridgehead atoms. The van der Waals surface area contributed by atoms with Crippen molar-refractivity contribution < 1.29 is 4.74 Å². The van der Waals surface area contributed by atoms with Gasteiger partial charge in [0, 0.05) is 34.0 Å². The van der Waals surface area contributed by atoms with Crippen molar-refractivity contribution in [3.05, 3.63) is 57.8 Å². The number of nitrogens with one attached hydrogen (secondary N) is 1. The second-order valence-corrected chi connectivity index (χ2v) is 6.04. The molecule has 0 aliphatic rings. The van der Waals surface area contributed by atoms with E-state index in [1.807, 2.05) is 18.3 Å². The summed E-state index contributed by atoms with van der Waals surface area (Å²) in [7, 11) is 0. The van der Waals surface area contributed by atoms with Crippen LogP contribution in [0.25, 0.3) is 0 Å². The van der Waals surface area contributed by atoms with Crippen molar-refractivity contribution in [2.45, 2.75) is 33.4 Å². The first-order valence-corrected chi connectivity index (χ1v) is 7.95. The Bertz CT molecular complexity index is 601. The van der Waals surface area contributed by atoms with E-state index in [1.165, 1.54) is 11.1 Å². The van der Waals surface area contributed by atoms with E-state index in [0.717, 1.165) is 22.3 Å². The molecule has 21 heavy (non-hydrogen) atoms. The van der Waals surface area contributed by atoms with E-state index in [0.29, 0.717) is 6.61 Å². The Morgan fingerprint density at radius 2 is 2.10 bits per heavy atom. The summed E-state index contributed by atoms with van der Waals surface area (Å²) in [6.45, 7) is 7.82. The molecule has 1 atom stereocenters. The fourth-order valence-corrected chi connectivity index (χ4v) is 2.66. The van der Waals surface area contributed by atoms with Gasteiger partial charge in [0.1, 0.15) is 12.4 Å². The van der Waals surface area contributed by atoms with Gasteiger partial charge >= 0.3 is 0 Å². The van der Waals surface area contributed by atoms with Crippen molar-refractivity contribution in [3.63, 3.8) is 0 Å². The number of hydrogen-bond acceptors (Lipinski definition) is 3. The smallest absolute Gasteiger partial charge is 0.124 e. The van der Waals surface area contributed by atoms with E-state index in [1.54, 1.807) is 6.20 Å². The number of halogens is 1. The molecule has 0 saturated heterocycles. The molecule has 0 aliphatic heterocycles. The summed E-state index contributed by atoms with van der Waals surface area (Å²) in [5, 5.41) is 3.44. The van der Waals surface area contributed by atoms with E-state index in [9.17, 15) is 0 Å². The van der Waals surface area contributed by atoms with Crippen molar-refractivity contribution in [2.24, 2.45) is 0 Å². The average molecular weight is 349 g/mol. The lowest BCUT2D eigenvalue weighted by molar-refractivity contribution is 0.299. The van der Waals surface area contributed by atoms with Crippen LogP contribution in [0.5, 0.6) is 5.75 Å². The van der Waals surface area contributed by atoms with Crippen LogP contribution in [-0.2, 0) is 6.61 Å². The lowest BCUT2D eigenvalue weighted by atomic mass is 10.0. The maximum atomic E-state index is 6.00. The third kappa shape index (κ3) is 4.55. The van der Waals surface area contributed by atoms with Crippen LogP contribution in [0, 0.1) is 6.92 Å². The number of aryl methyl sites for hydroxylation is 1. The predicted molar refractivity (Wildman–Crippen MR) is 89.5 cm³/mol. The van der Waals surface area contributed by atoms with Gasteiger partial charge in [-0.3, -0.25) is 4.98 Å². The molecule has 1 aromatic heterocycles. The summed E-state index contributed by atoms with van der Waals surface area (Å²) in [5.41, 5.74) is 3.48. The first-order chi connectivity index (χ1) is 10.1. The Morgan fingerprint density at radius 3 is 2.81 bits per heavy atom. The van der Waals surface area contributed by atoms with Crippen LogP contribution < -0.4 is 10.1 Å². The van der Waals surface area contributed by atoms with E-state index in [-0.39, 0.29) is 6.04 Å². The predicted octanol–water partition coefficient (Wildman–Crippen LogP) is 4.40. The van der Waals surface area contributed by atoms with Crippen molar-refractivity contribution in [1.82, 2.24) is 10.3 Å². The van der Waals surface area contributed by atoms with Gasteiger partial charge in [-0.2, -0.15) is 0 Å². The van der Waals surface area contributed by atoms with Crippen molar-refractivity contribution in [2.75, 3.05) is 6.54 Å². The molecule has 0 aliphatic carbocycles. The number of hydrogen-bond donors (Lipinski definition) is 1. The van der Waals surface area contributed by atoms with Gasteiger partial charge in [0.25, 0.3) is 0 Å². The summed E-state index contributed by atoms with van der Waals surface area (Å²) in [5.74, 6) is 0.925. The Morgan fingerprint density at radius 1 is 1.29 bits per heavy atom. The SMILES string of the molecule is CCNC(C)c1cc(C)ccc1OCc1cncc(Br)c1. The highest BCUT2D eigenvalue weighted by molar-refractivity contribution is 9.10. The molecule has 0 amide bonds. The third-order valence-corrected chi connectivity index (χ3v) is 3.73. The molecule has 0 radical (unpaired) electrons. The maximum absolute atomic E-state index is 6.00. The highest BCUT2D eigenvalue weighted by Crippen LogP contribution is 2.27. The fraction of sp³-hybridized carbons (Fsp3) is 0.353. The molecule has 3 nitrogen and oxygen atoms in total. The molecule has 1 heterocycles. The normalized spacial score (nSPS) is 12.2. The van der Waals surface area contributed by atoms with E-state index >= 15 is 0 Å². The Hall–Kier alpha value is -1.39. The van der Waals surface area contributed by atoms with Gasteiger partial charge in [0.15, 0.2) is 0 Å². The fourth-order valence-electron chi connectivity index (χ4n) is 2.25. The van der Waals surface area contributed by atoms with Crippen LogP contribution >= 0.6 is 15.9 Å². The van der Waals surface area contributed by atoms with Crippen LogP contribution in [0.3, 0.4) is 0 Å². The van der Waals surface area contributed by atoms with Crippen LogP contribution in [-0.4, -0.2) is 11.5 Å².